The number of nitrogens with zero attached hydrogens (tertiary/aromatic N) is 1. The van der Waals surface area contributed by atoms with Gasteiger partial charge in [0.1, 0.15) is 0 Å². The van der Waals surface area contributed by atoms with Crippen LogP contribution >= 0.6 is 0 Å². The van der Waals surface area contributed by atoms with Gasteiger partial charge in [0.15, 0.2) is 6.54 Å². The molecule has 0 N–H and O–H groups in total. The molecule has 1 spiro atoms. The van der Waals surface area contributed by atoms with Gasteiger partial charge in [-0.15, -0.1) is 4.89 Å². The van der Waals surface area contributed by atoms with Crippen molar-refractivity contribution < 1.29 is 24.7 Å². The second kappa shape index (κ2) is 3.27. The first-order valence-electron chi connectivity index (χ1n) is 4.35. The number of hydrogen-bond acceptors (Lipinski definition) is 4. The molecular formula is C7H13NO4. The van der Waals surface area contributed by atoms with Crippen molar-refractivity contribution in [3.05, 3.63) is 0 Å². The van der Waals surface area contributed by atoms with Crippen molar-refractivity contribution >= 4 is 0 Å². The van der Waals surface area contributed by atoms with Gasteiger partial charge < -0.3 is 5.26 Å². The highest BCUT2D eigenvalue weighted by Crippen LogP contribution is 2.36. The second-order valence-electron chi connectivity index (χ2n) is 3.60. The van der Waals surface area contributed by atoms with Crippen molar-refractivity contribution in [2.45, 2.75) is 25.5 Å². The quantitative estimate of drug-likeness (QED) is 0.251. The molecular weight excluding hydrogens is 162 g/mol. The molecule has 5 nitrogen and oxygen atoms in total. The zero-order valence-corrected chi connectivity index (χ0v) is 6.90. The van der Waals surface area contributed by atoms with Gasteiger partial charge >= 0.3 is 0 Å². The molecule has 2 fully saturated rings. The van der Waals surface area contributed by atoms with Gasteiger partial charge in [0, 0.05) is 0 Å². The van der Waals surface area contributed by atoms with E-state index in [0.29, 0.717) is 0 Å². The lowest BCUT2D eigenvalue weighted by atomic mass is 10.1. The number of rotatable bonds is 3. The molecule has 0 amide bonds. The Kier molecular flexibility index (Phi) is 2.29. The van der Waals surface area contributed by atoms with Crippen LogP contribution in [0.2, 0.25) is 0 Å². The molecule has 0 aromatic heterocycles. The molecule has 0 saturated carbocycles. The maximum Gasteiger partial charge on any atom is 0.276 e. The van der Waals surface area contributed by atoms with Crippen LogP contribution in [0.25, 0.3) is 0 Å². The first kappa shape index (κ1) is 8.40. The molecule has 0 bridgehead atoms. The minimum atomic E-state index is 0.0410. The third-order valence-corrected chi connectivity index (χ3v) is 2.88. The molecule has 2 heterocycles. The van der Waals surface area contributed by atoms with Crippen molar-refractivity contribution in [1.29, 1.82) is 0 Å². The average Bonchev–Trinajstić information content (AvgIpc) is 2.77. The summed E-state index contributed by atoms with van der Waals surface area (Å²) in [5.41, 5.74) is 0. The highest BCUT2D eigenvalue weighted by atomic mass is 17.6. The Morgan fingerprint density at radius 1 is 1.17 bits per heavy atom. The van der Waals surface area contributed by atoms with Crippen molar-refractivity contribution in [3.8, 4) is 0 Å². The van der Waals surface area contributed by atoms with Crippen molar-refractivity contribution in [1.82, 2.24) is 0 Å². The van der Waals surface area contributed by atoms with Gasteiger partial charge in [-0.05, 0) is 19.3 Å². The summed E-state index contributed by atoms with van der Waals surface area (Å²) < 4.78 is 0.962. The van der Waals surface area contributed by atoms with Gasteiger partial charge in [0.05, 0.1) is 13.1 Å². The van der Waals surface area contributed by atoms with Gasteiger partial charge in [-0.1, -0.05) is 5.04 Å². The predicted molar refractivity (Wildman–Crippen MR) is 35.8 cm³/mol. The summed E-state index contributed by atoms with van der Waals surface area (Å²) in [6.45, 7) is 3.25. The molecule has 0 aliphatic carbocycles. The number of quaternary nitrogens is 1. The lowest BCUT2D eigenvalue weighted by molar-refractivity contribution is -0.889. The minimum absolute atomic E-state index is 0.0410. The summed E-state index contributed by atoms with van der Waals surface area (Å²) in [7, 11) is 0. The standard InChI is InChI=1S/C7H13NO4/c9-11-12-10-7-6-8(7)4-2-1-3-5-8/h7H,1-6H2. The van der Waals surface area contributed by atoms with E-state index < -0.39 is 0 Å². The van der Waals surface area contributed by atoms with Crippen LogP contribution in [-0.4, -0.2) is 30.3 Å². The third-order valence-electron chi connectivity index (χ3n) is 2.88. The summed E-state index contributed by atoms with van der Waals surface area (Å²) in [6, 6.07) is 0. The van der Waals surface area contributed by atoms with E-state index in [2.05, 4.69) is 10.1 Å². The molecule has 0 radical (unpaired) electrons. The van der Waals surface area contributed by atoms with Crippen LogP contribution in [0.3, 0.4) is 0 Å². The molecule has 5 heteroatoms. The van der Waals surface area contributed by atoms with E-state index in [1.165, 1.54) is 19.3 Å². The topological polar surface area (TPSA) is 50.8 Å². The van der Waals surface area contributed by atoms with E-state index in [0.717, 1.165) is 24.1 Å². The van der Waals surface area contributed by atoms with E-state index in [1.807, 2.05) is 0 Å². The van der Waals surface area contributed by atoms with E-state index in [1.54, 1.807) is 0 Å². The average molecular weight is 175 g/mol. The molecule has 2 aliphatic rings. The van der Waals surface area contributed by atoms with Crippen LogP contribution in [0, 0.1) is 0 Å². The minimum Gasteiger partial charge on any atom is -0.690 e. The normalized spacial score (nSPS) is 32.2. The first-order valence-corrected chi connectivity index (χ1v) is 4.35. The van der Waals surface area contributed by atoms with Crippen molar-refractivity contribution in [3.63, 3.8) is 0 Å². The van der Waals surface area contributed by atoms with E-state index in [-0.39, 0.29) is 6.23 Å². The summed E-state index contributed by atoms with van der Waals surface area (Å²) in [5.74, 6) is 0. The van der Waals surface area contributed by atoms with Gasteiger partial charge in [-0.3, -0.25) is 9.52 Å². The fourth-order valence-corrected chi connectivity index (χ4v) is 2.06. The molecule has 0 aromatic rings. The maximum atomic E-state index is 9.48. The Balaban J connectivity index is 1.75. The summed E-state index contributed by atoms with van der Waals surface area (Å²) in [4.78, 5) is 4.73. The maximum absolute atomic E-state index is 9.48. The second-order valence-corrected chi connectivity index (χ2v) is 3.60. The van der Waals surface area contributed by atoms with Crippen LogP contribution in [0.4, 0.5) is 0 Å². The van der Waals surface area contributed by atoms with E-state index >= 15 is 0 Å². The zero-order chi connectivity index (χ0) is 8.44. The lowest BCUT2D eigenvalue weighted by Crippen LogP contribution is -2.35. The van der Waals surface area contributed by atoms with Gasteiger partial charge in [-0.2, -0.15) is 0 Å². The molecule has 1 atom stereocenters. The number of hydrogen-bond donors (Lipinski definition) is 0. The van der Waals surface area contributed by atoms with Crippen molar-refractivity contribution in [2.24, 2.45) is 0 Å². The summed E-state index contributed by atoms with van der Waals surface area (Å²) in [5, 5.41) is 16.5. The fraction of sp³-hybridized carbons (Fsp3) is 1.00. The fourth-order valence-electron chi connectivity index (χ4n) is 2.06. The largest absolute Gasteiger partial charge is 0.690 e. The molecule has 1 unspecified atom stereocenters. The lowest BCUT2D eigenvalue weighted by Gasteiger charge is -2.23. The van der Waals surface area contributed by atoms with Gasteiger partial charge in [-0.25, -0.2) is 0 Å². The van der Waals surface area contributed by atoms with Crippen LogP contribution in [0.1, 0.15) is 19.3 Å². The Morgan fingerprint density at radius 3 is 2.58 bits per heavy atom. The molecule has 2 saturated heterocycles. The Bertz CT molecular complexity index is 155. The first-order chi connectivity index (χ1) is 5.87. The Morgan fingerprint density at radius 2 is 1.92 bits per heavy atom. The molecule has 0 aromatic carbocycles. The Labute approximate surface area is 70.8 Å². The van der Waals surface area contributed by atoms with Gasteiger partial charge in [0.2, 0.25) is 0 Å². The summed E-state index contributed by atoms with van der Waals surface area (Å²) >= 11 is 0. The summed E-state index contributed by atoms with van der Waals surface area (Å²) in [6.07, 6.45) is 3.85. The monoisotopic (exact) mass is 175 g/mol. The molecule has 2 rings (SSSR count). The third kappa shape index (κ3) is 1.46. The van der Waals surface area contributed by atoms with Gasteiger partial charge in [0.25, 0.3) is 6.23 Å². The predicted octanol–water partition coefficient (Wildman–Crippen LogP) is -0.518. The Hall–Kier alpha value is -0.200. The van der Waals surface area contributed by atoms with E-state index in [4.69, 9.17) is 4.89 Å². The molecule has 70 valence electrons. The number of piperidine rings is 1. The zero-order valence-electron chi connectivity index (χ0n) is 6.90. The highest BCUT2D eigenvalue weighted by Gasteiger charge is 2.57. The van der Waals surface area contributed by atoms with Crippen LogP contribution in [0.15, 0.2) is 0 Å². The SMILES string of the molecule is [O-]OOOC1C[N+]12CCCCC2. The molecule has 12 heavy (non-hydrogen) atoms. The van der Waals surface area contributed by atoms with Crippen LogP contribution < -0.4 is 5.26 Å². The van der Waals surface area contributed by atoms with Crippen molar-refractivity contribution in [2.75, 3.05) is 19.6 Å². The van der Waals surface area contributed by atoms with Crippen LogP contribution in [0.5, 0.6) is 0 Å². The van der Waals surface area contributed by atoms with Crippen LogP contribution in [-0.2, 0) is 15.0 Å². The highest BCUT2D eigenvalue weighted by molar-refractivity contribution is 4.67. The smallest absolute Gasteiger partial charge is 0.276 e. The van der Waals surface area contributed by atoms with E-state index in [9.17, 15) is 5.26 Å². The molecule has 2 aliphatic heterocycles.